The fourth-order valence-corrected chi connectivity index (χ4v) is 2.67. The molecule has 118 valence electrons. The Morgan fingerprint density at radius 1 is 0.696 bits per heavy atom. The third-order valence-corrected chi connectivity index (χ3v) is 4.44. The molecule has 0 fully saturated rings. The van der Waals surface area contributed by atoms with E-state index < -0.39 is 0 Å². The van der Waals surface area contributed by atoms with E-state index in [1.54, 1.807) is 0 Å². The van der Waals surface area contributed by atoms with Crippen molar-refractivity contribution in [1.29, 1.82) is 0 Å². The van der Waals surface area contributed by atoms with Gasteiger partial charge in [0.15, 0.2) is 0 Å². The van der Waals surface area contributed by atoms with Crippen LogP contribution in [0.1, 0.15) is 34.6 Å². The normalized spacial score (nSPS) is 15.3. The molecular weight excluding hydrogens is 355 g/mol. The minimum Gasteiger partial charge on any atom is -0.263 e. The van der Waals surface area contributed by atoms with Crippen LogP contribution in [-0.2, 0) is 26.2 Å². The van der Waals surface area contributed by atoms with Gasteiger partial charge >= 0.3 is 0 Å². The van der Waals surface area contributed by atoms with Gasteiger partial charge in [-0.2, -0.15) is 11.1 Å². The van der Waals surface area contributed by atoms with Crippen molar-refractivity contribution in [2.75, 3.05) is 0 Å². The topological polar surface area (TPSA) is 0 Å². The molecule has 0 unspecified atom stereocenters. The van der Waals surface area contributed by atoms with Crippen LogP contribution in [0.4, 0.5) is 0 Å². The van der Waals surface area contributed by atoms with E-state index >= 15 is 0 Å². The summed E-state index contributed by atoms with van der Waals surface area (Å²) < 4.78 is 0. The van der Waals surface area contributed by atoms with Gasteiger partial charge in [0, 0.05) is 26.2 Å². The Labute approximate surface area is 160 Å². The van der Waals surface area contributed by atoms with Crippen molar-refractivity contribution in [2.24, 2.45) is 5.41 Å². The van der Waals surface area contributed by atoms with Crippen LogP contribution in [0.5, 0.6) is 0 Å². The van der Waals surface area contributed by atoms with Gasteiger partial charge in [0.1, 0.15) is 0 Å². The van der Waals surface area contributed by atoms with Crippen LogP contribution in [0, 0.1) is 11.5 Å². The van der Waals surface area contributed by atoms with Gasteiger partial charge in [-0.15, -0.1) is 6.92 Å². The molecule has 0 aromatic heterocycles. The molecule has 0 aliphatic heterocycles. The van der Waals surface area contributed by atoms with Crippen LogP contribution in [0.2, 0.25) is 0 Å². The molecule has 0 radical (unpaired) electrons. The van der Waals surface area contributed by atoms with Crippen LogP contribution in [-0.4, -0.2) is 0 Å². The minimum absolute atomic E-state index is 0. The number of hydrogen-bond acceptors (Lipinski definition) is 0. The summed E-state index contributed by atoms with van der Waals surface area (Å²) in [5, 5.41) is 0. The number of benzene rings is 2. The maximum atomic E-state index is 3.44. The summed E-state index contributed by atoms with van der Waals surface area (Å²) in [5.41, 5.74) is 6.95. The summed E-state index contributed by atoms with van der Waals surface area (Å²) >= 11 is 0. The minimum atomic E-state index is 0. The van der Waals surface area contributed by atoms with E-state index in [9.17, 15) is 0 Å². The third-order valence-electron chi connectivity index (χ3n) is 4.44. The molecule has 0 spiro atoms. The molecular formula is C22H25Zr-. The predicted molar refractivity (Wildman–Crippen MR) is 96.5 cm³/mol. The summed E-state index contributed by atoms with van der Waals surface area (Å²) in [4.78, 5) is 0. The fourth-order valence-electron chi connectivity index (χ4n) is 2.67. The smallest absolute Gasteiger partial charge is 0 e. The number of hydrogen-bond donors (Lipinski definition) is 0. The molecule has 0 N–H and O–H groups in total. The molecule has 0 saturated heterocycles. The van der Waals surface area contributed by atoms with E-state index in [1.165, 1.54) is 27.8 Å². The third kappa shape index (κ3) is 5.15. The molecule has 0 bridgehead atoms. The molecule has 0 heterocycles. The van der Waals surface area contributed by atoms with Gasteiger partial charge in [-0.3, -0.25) is 6.08 Å². The van der Waals surface area contributed by atoms with Crippen LogP contribution < -0.4 is 0 Å². The monoisotopic (exact) mass is 379 g/mol. The first kappa shape index (κ1) is 19.8. The number of rotatable bonds is 1. The summed E-state index contributed by atoms with van der Waals surface area (Å²) in [6, 6.07) is 20.8. The van der Waals surface area contributed by atoms with Crippen molar-refractivity contribution < 1.29 is 26.2 Å². The predicted octanol–water partition coefficient (Wildman–Crippen LogP) is 6.46. The second-order valence-electron chi connectivity index (χ2n) is 6.36. The van der Waals surface area contributed by atoms with Crippen LogP contribution >= 0.6 is 0 Å². The number of allylic oxidation sites excluding steroid dienone is 4. The molecule has 2 aromatic carbocycles. The standard InChI is InChI=1S/C12H10.C10H15.Zr/c1-3-7-11(8-4-1)12-9-5-2-6-10-12;1-7-6-10(4,5)9(3)8(7)2;/h1-10H;1-5H3;/q;-1;. The van der Waals surface area contributed by atoms with Gasteiger partial charge in [0.2, 0.25) is 0 Å². The van der Waals surface area contributed by atoms with Crippen molar-refractivity contribution in [1.82, 2.24) is 0 Å². The van der Waals surface area contributed by atoms with Gasteiger partial charge in [-0.05, 0) is 11.1 Å². The van der Waals surface area contributed by atoms with Gasteiger partial charge in [-0.1, -0.05) is 93.8 Å². The van der Waals surface area contributed by atoms with E-state index in [2.05, 4.69) is 89.2 Å². The molecule has 1 heteroatoms. The summed E-state index contributed by atoms with van der Waals surface area (Å²) in [6.07, 6.45) is 3.44. The second-order valence-corrected chi connectivity index (χ2v) is 6.36. The molecule has 0 amide bonds. The van der Waals surface area contributed by atoms with E-state index in [1.807, 2.05) is 12.1 Å². The van der Waals surface area contributed by atoms with Crippen molar-refractivity contribution in [2.45, 2.75) is 34.6 Å². The molecule has 3 rings (SSSR count). The SMILES string of the molecule is CC1=[C-]C(C)(C)C(C)=C1C.[Zr].c1ccc(-c2ccccc2)cc1. The van der Waals surface area contributed by atoms with Crippen molar-refractivity contribution >= 4 is 0 Å². The maximum absolute atomic E-state index is 3.44. The Morgan fingerprint density at radius 2 is 1.09 bits per heavy atom. The molecule has 0 nitrogen and oxygen atoms in total. The van der Waals surface area contributed by atoms with Crippen LogP contribution in [0.3, 0.4) is 0 Å². The fraction of sp³-hybridized carbons (Fsp3) is 0.273. The molecule has 2 aromatic rings. The maximum Gasteiger partial charge on any atom is 0 e. The first-order valence-corrected chi connectivity index (χ1v) is 7.82. The Balaban J connectivity index is 0.000000224. The molecule has 0 atom stereocenters. The average molecular weight is 381 g/mol. The van der Waals surface area contributed by atoms with Gasteiger partial charge in [-0.25, -0.2) is 5.57 Å². The molecule has 1 aliphatic rings. The quantitative estimate of drug-likeness (QED) is 0.498. The summed E-state index contributed by atoms with van der Waals surface area (Å²) in [7, 11) is 0. The largest absolute Gasteiger partial charge is 0.263 e. The van der Waals surface area contributed by atoms with Crippen LogP contribution in [0.25, 0.3) is 11.1 Å². The second kappa shape index (κ2) is 8.60. The zero-order valence-corrected chi connectivity index (χ0v) is 17.2. The van der Waals surface area contributed by atoms with Crippen molar-refractivity contribution in [3.05, 3.63) is 83.5 Å². The zero-order valence-electron chi connectivity index (χ0n) is 14.8. The van der Waals surface area contributed by atoms with Gasteiger partial charge in [0.25, 0.3) is 0 Å². The average Bonchev–Trinajstić information content (AvgIpc) is 2.72. The van der Waals surface area contributed by atoms with E-state index in [0.717, 1.165) is 0 Å². The molecule has 1 aliphatic carbocycles. The Bertz CT molecular complexity index is 639. The van der Waals surface area contributed by atoms with Gasteiger partial charge in [0.05, 0.1) is 0 Å². The Morgan fingerprint density at radius 3 is 1.30 bits per heavy atom. The first-order chi connectivity index (χ1) is 10.4. The summed E-state index contributed by atoms with van der Waals surface area (Å²) in [6.45, 7) is 10.9. The zero-order chi connectivity index (χ0) is 16.2. The molecule has 0 saturated carbocycles. The molecule has 23 heavy (non-hydrogen) atoms. The van der Waals surface area contributed by atoms with Crippen molar-refractivity contribution in [3.8, 4) is 11.1 Å². The Kier molecular flexibility index (Phi) is 7.42. The van der Waals surface area contributed by atoms with E-state index in [-0.39, 0.29) is 31.6 Å². The first-order valence-electron chi connectivity index (χ1n) is 7.82. The summed E-state index contributed by atoms with van der Waals surface area (Å²) in [5.74, 6) is 0. The van der Waals surface area contributed by atoms with Crippen molar-refractivity contribution in [3.63, 3.8) is 0 Å². The van der Waals surface area contributed by atoms with Crippen LogP contribution in [0.15, 0.2) is 77.4 Å². The Hall–Kier alpha value is -1.20. The van der Waals surface area contributed by atoms with E-state index in [4.69, 9.17) is 0 Å². The van der Waals surface area contributed by atoms with Gasteiger partial charge < -0.3 is 0 Å². The van der Waals surface area contributed by atoms with E-state index in [0.29, 0.717) is 0 Å².